The average molecular weight is 361 g/mol. The maximum atomic E-state index is 14.0. The van der Waals surface area contributed by atoms with E-state index in [0.717, 1.165) is 29.0 Å². The van der Waals surface area contributed by atoms with E-state index in [1.54, 1.807) is 6.92 Å². The smallest absolute Gasteiger partial charge is 0.293 e. The van der Waals surface area contributed by atoms with Crippen LogP contribution in [0, 0.1) is 29.8 Å². The van der Waals surface area contributed by atoms with Crippen LogP contribution in [0.2, 0.25) is 0 Å². The number of ether oxygens (including phenoxy) is 1. The monoisotopic (exact) mass is 361 g/mol. The normalized spacial score (nSPS) is 11.7. The molecule has 0 heterocycles. The lowest BCUT2D eigenvalue weighted by atomic mass is 10.1. The Kier molecular flexibility index (Phi) is 5.76. The molecule has 138 valence electrons. The fourth-order valence-electron chi connectivity index (χ4n) is 2.49. The highest BCUT2D eigenvalue weighted by Gasteiger charge is 2.22. The van der Waals surface area contributed by atoms with Gasteiger partial charge in [0.1, 0.15) is 23.9 Å². The predicted molar refractivity (Wildman–Crippen MR) is 95.8 cm³/mol. The van der Waals surface area contributed by atoms with Crippen molar-refractivity contribution in [1.29, 1.82) is 0 Å². The molecule has 0 aliphatic heterocycles. The summed E-state index contributed by atoms with van der Waals surface area (Å²) in [6.07, 6.45) is 0. The molecule has 0 unspecified atom stereocenters. The van der Waals surface area contributed by atoms with E-state index >= 15 is 0 Å². The van der Waals surface area contributed by atoms with Gasteiger partial charge in [-0.15, -0.1) is 0 Å². The van der Waals surface area contributed by atoms with Crippen molar-refractivity contribution in [3.63, 3.8) is 0 Å². The van der Waals surface area contributed by atoms with Gasteiger partial charge in [-0.3, -0.25) is 14.9 Å². The van der Waals surface area contributed by atoms with Crippen molar-refractivity contribution in [2.45, 2.75) is 26.8 Å². The van der Waals surface area contributed by atoms with E-state index in [-0.39, 0.29) is 12.3 Å². The third-order valence-corrected chi connectivity index (χ3v) is 3.82. The summed E-state index contributed by atoms with van der Waals surface area (Å²) < 4.78 is 19.7. The number of nitrogens with one attached hydrogen (secondary N) is 1. The van der Waals surface area contributed by atoms with Crippen LogP contribution in [-0.4, -0.2) is 23.5 Å². The largest absolute Gasteiger partial charge is 0.491 e. The van der Waals surface area contributed by atoms with Crippen LogP contribution in [0.3, 0.4) is 0 Å². The zero-order chi connectivity index (χ0) is 19.4. The number of nitrogens with zero attached hydrogens (tertiary/aromatic N) is 1. The number of halogens is 1. The van der Waals surface area contributed by atoms with Gasteiger partial charge in [0, 0.05) is 12.1 Å². The molecular weight excluding hydrogens is 341 g/mol. The molecule has 0 saturated heterocycles. The summed E-state index contributed by atoms with van der Waals surface area (Å²) in [5, 5.41) is 13.5. The molecule has 0 spiro atoms. The second kappa shape index (κ2) is 7.81. The number of aryl methyl sites for hydroxylation is 2. The Morgan fingerprint density at radius 3 is 2.54 bits per heavy atom. The second-order valence-corrected chi connectivity index (χ2v) is 6.05. The molecule has 2 aromatic rings. The highest BCUT2D eigenvalue weighted by molar-refractivity contribution is 5.96. The van der Waals surface area contributed by atoms with Crippen molar-refractivity contribution in [2.24, 2.45) is 0 Å². The number of carbonyl (C=O) groups is 1. The minimum atomic E-state index is -0.923. The summed E-state index contributed by atoms with van der Waals surface area (Å²) >= 11 is 0. The molecule has 26 heavy (non-hydrogen) atoms. The number of hydrogen-bond donors (Lipinski definition) is 2. The summed E-state index contributed by atoms with van der Waals surface area (Å²) in [5.74, 6) is -0.973. The molecule has 2 aromatic carbocycles. The van der Waals surface area contributed by atoms with Crippen molar-refractivity contribution in [3.05, 3.63) is 63.0 Å². The topological polar surface area (TPSA) is 107 Å². The van der Waals surface area contributed by atoms with Crippen LogP contribution >= 0.6 is 0 Å². The molecule has 0 saturated carbocycles. The Balaban J connectivity index is 2.08. The Bertz CT molecular complexity index is 834. The van der Waals surface area contributed by atoms with Crippen molar-refractivity contribution in [3.8, 4) is 5.75 Å². The predicted octanol–water partition coefficient (Wildman–Crippen LogP) is 3.13. The number of nitro benzene ring substituents is 1. The van der Waals surface area contributed by atoms with Gasteiger partial charge in [0.05, 0.1) is 16.5 Å². The van der Waals surface area contributed by atoms with E-state index in [0.29, 0.717) is 0 Å². The lowest BCUT2D eigenvalue weighted by molar-refractivity contribution is -0.384. The molecule has 0 aliphatic carbocycles. The summed E-state index contributed by atoms with van der Waals surface area (Å²) in [6.45, 7) is 5.67. The SMILES string of the molecule is Cc1cccc(C)c1OC[C@@H](C)NC(=O)c1cc([N+](=O)[O-])c(N)cc1F. The fourth-order valence-corrected chi connectivity index (χ4v) is 2.49. The number of hydrogen-bond acceptors (Lipinski definition) is 5. The highest BCUT2D eigenvalue weighted by Crippen LogP contribution is 2.25. The number of nitrogen functional groups attached to an aromatic ring is 1. The molecular formula is C18H20FN3O4. The Morgan fingerprint density at radius 1 is 1.35 bits per heavy atom. The number of benzene rings is 2. The van der Waals surface area contributed by atoms with Gasteiger partial charge in [-0.25, -0.2) is 4.39 Å². The lowest BCUT2D eigenvalue weighted by Crippen LogP contribution is -2.37. The number of carbonyl (C=O) groups excluding carboxylic acids is 1. The van der Waals surface area contributed by atoms with Crippen molar-refractivity contribution in [2.75, 3.05) is 12.3 Å². The summed E-state index contributed by atoms with van der Waals surface area (Å²) in [5.41, 5.74) is 6.03. The van der Waals surface area contributed by atoms with E-state index in [1.807, 2.05) is 32.0 Å². The van der Waals surface area contributed by atoms with Gasteiger partial charge < -0.3 is 15.8 Å². The Hall–Kier alpha value is -3.16. The number of nitro groups is 1. The Labute approximate surface area is 150 Å². The van der Waals surface area contributed by atoms with Crippen molar-refractivity contribution >= 4 is 17.3 Å². The number of nitrogens with two attached hydrogens (primary N) is 1. The molecule has 0 fully saturated rings. The van der Waals surface area contributed by atoms with Crippen LogP contribution in [0.4, 0.5) is 15.8 Å². The second-order valence-electron chi connectivity index (χ2n) is 6.05. The van der Waals surface area contributed by atoms with E-state index < -0.39 is 33.9 Å². The van der Waals surface area contributed by atoms with Crippen LogP contribution < -0.4 is 15.8 Å². The molecule has 7 nitrogen and oxygen atoms in total. The van der Waals surface area contributed by atoms with E-state index in [1.165, 1.54) is 0 Å². The number of amides is 1. The first-order chi connectivity index (χ1) is 12.2. The zero-order valence-electron chi connectivity index (χ0n) is 14.7. The van der Waals surface area contributed by atoms with Crippen LogP contribution in [-0.2, 0) is 0 Å². The number of para-hydroxylation sites is 1. The molecule has 8 heteroatoms. The first-order valence-electron chi connectivity index (χ1n) is 7.94. The quantitative estimate of drug-likeness (QED) is 0.467. The first-order valence-corrected chi connectivity index (χ1v) is 7.94. The minimum Gasteiger partial charge on any atom is -0.491 e. The molecule has 1 atom stereocenters. The molecule has 0 bridgehead atoms. The van der Waals surface area contributed by atoms with Gasteiger partial charge in [0.25, 0.3) is 11.6 Å². The molecule has 1 amide bonds. The van der Waals surface area contributed by atoms with Gasteiger partial charge in [-0.2, -0.15) is 0 Å². The van der Waals surface area contributed by atoms with Crippen LogP contribution in [0.15, 0.2) is 30.3 Å². The number of rotatable bonds is 6. The summed E-state index contributed by atoms with van der Waals surface area (Å²) in [7, 11) is 0. The van der Waals surface area contributed by atoms with Gasteiger partial charge in [-0.1, -0.05) is 18.2 Å². The van der Waals surface area contributed by atoms with Crippen LogP contribution in [0.1, 0.15) is 28.4 Å². The van der Waals surface area contributed by atoms with Crippen molar-refractivity contribution < 1.29 is 18.8 Å². The highest BCUT2D eigenvalue weighted by atomic mass is 19.1. The van der Waals surface area contributed by atoms with Gasteiger partial charge in [0.2, 0.25) is 0 Å². The standard InChI is InChI=1S/C18H20FN3O4/c1-10-5-4-6-11(2)17(10)26-9-12(3)21-18(23)13-7-16(22(24)25)15(20)8-14(13)19/h4-8,12H,9,20H2,1-3H3,(H,21,23)/t12-/m1/s1. The minimum absolute atomic E-state index is 0.163. The van der Waals surface area contributed by atoms with E-state index in [9.17, 15) is 19.3 Å². The molecule has 3 N–H and O–H groups in total. The van der Waals surface area contributed by atoms with E-state index in [2.05, 4.69) is 5.32 Å². The molecule has 2 rings (SSSR count). The third-order valence-electron chi connectivity index (χ3n) is 3.82. The first kappa shape index (κ1) is 19.2. The molecule has 0 radical (unpaired) electrons. The average Bonchev–Trinajstić information content (AvgIpc) is 2.53. The van der Waals surface area contributed by atoms with Gasteiger partial charge in [0.15, 0.2) is 0 Å². The molecule has 0 aromatic heterocycles. The zero-order valence-corrected chi connectivity index (χ0v) is 14.7. The van der Waals surface area contributed by atoms with E-state index in [4.69, 9.17) is 10.5 Å². The maximum Gasteiger partial charge on any atom is 0.293 e. The Morgan fingerprint density at radius 2 is 1.96 bits per heavy atom. The van der Waals surface area contributed by atoms with Gasteiger partial charge in [-0.05, 0) is 31.9 Å². The summed E-state index contributed by atoms with van der Waals surface area (Å²) in [6, 6.07) is 6.89. The van der Waals surface area contributed by atoms with Crippen LogP contribution in [0.5, 0.6) is 5.75 Å². The number of anilines is 1. The fraction of sp³-hybridized carbons (Fsp3) is 0.278. The van der Waals surface area contributed by atoms with Crippen molar-refractivity contribution in [1.82, 2.24) is 5.32 Å². The summed E-state index contributed by atoms with van der Waals surface area (Å²) in [4.78, 5) is 22.4. The van der Waals surface area contributed by atoms with Gasteiger partial charge >= 0.3 is 0 Å². The molecule has 0 aliphatic rings. The van der Waals surface area contributed by atoms with Crippen LogP contribution in [0.25, 0.3) is 0 Å². The lowest BCUT2D eigenvalue weighted by Gasteiger charge is -2.17. The maximum absolute atomic E-state index is 14.0. The third kappa shape index (κ3) is 4.27.